The second kappa shape index (κ2) is 7.73. The van der Waals surface area contributed by atoms with Crippen LogP contribution in [0.4, 0.5) is 10.1 Å². The number of para-hydroxylation sites is 1. The first-order valence-corrected chi connectivity index (χ1v) is 10.1. The van der Waals surface area contributed by atoms with Gasteiger partial charge in [-0.3, -0.25) is 4.79 Å². The number of sulfonamides is 1. The monoisotopic (exact) mass is 396 g/mol. The third kappa shape index (κ3) is 4.23. The zero-order valence-corrected chi connectivity index (χ0v) is 15.4. The van der Waals surface area contributed by atoms with Gasteiger partial charge in [-0.1, -0.05) is 36.6 Å². The highest BCUT2D eigenvalue weighted by Gasteiger charge is 2.26. The molecule has 2 aromatic rings. The molecule has 0 aliphatic heterocycles. The van der Waals surface area contributed by atoms with Gasteiger partial charge in [-0.05, 0) is 43.2 Å². The van der Waals surface area contributed by atoms with Gasteiger partial charge in [-0.25, -0.2) is 17.5 Å². The molecule has 2 N–H and O–H groups in total. The van der Waals surface area contributed by atoms with Gasteiger partial charge in [0.05, 0.1) is 10.7 Å². The molecule has 138 valence electrons. The predicted molar refractivity (Wildman–Crippen MR) is 98.4 cm³/mol. The zero-order chi connectivity index (χ0) is 18.7. The molecule has 26 heavy (non-hydrogen) atoms. The molecule has 3 rings (SSSR count). The predicted octanol–water partition coefficient (Wildman–Crippen LogP) is 3.95. The van der Waals surface area contributed by atoms with Crippen molar-refractivity contribution < 1.29 is 17.6 Å². The van der Waals surface area contributed by atoms with Crippen molar-refractivity contribution in [3.05, 3.63) is 58.9 Å². The largest absolute Gasteiger partial charge is 0.321 e. The van der Waals surface area contributed by atoms with Crippen molar-refractivity contribution in [2.24, 2.45) is 0 Å². The normalized spacial score (nSPS) is 15.2. The Morgan fingerprint density at radius 2 is 1.81 bits per heavy atom. The summed E-state index contributed by atoms with van der Waals surface area (Å²) in [5.74, 6) is -1.47. The van der Waals surface area contributed by atoms with E-state index in [0.717, 1.165) is 37.8 Å². The lowest BCUT2D eigenvalue weighted by molar-refractivity contribution is 0.102. The van der Waals surface area contributed by atoms with Crippen LogP contribution in [0.15, 0.2) is 47.4 Å². The van der Waals surface area contributed by atoms with Crippen LogP contribution in [0.3, 0.4) is 0 Å². The van der Waals surface area contributed by atoms with Crippen LogP contribution < -0.4 is 10.0 Å². The highest BCUT2D eigenvalue weighted by atomic mass is 35.5. The Labute approximate surface area is 156 Å². The van der Waals surface area contributed by atoms with Gasteiger partial charge in [0.2, 0.25) is 10.0 Å². The van der Waals surface area contributed by atoms with Crippen molar-refractivity contribution in [1.82, 2.24) is 4.72 Å². The van der Waals surface area contributed by atoms with E-state index in [1.165, 1.54) is 6.07 Å². The highest BCUT2D eigenvalue weighted by molar-refractivity contribution is 7.89. The molecule has 1 saturated carbocycles. The first kappa shape index (κ1) is 18.8. The van der Waals surface area contributed by atoms with E-state index in [2.05, 4.69) is 10.0 Å². The number of carbonyl (C=O) groups excluding carboxylic acids is 1. The quantitative estimate of drug-likeness (QED) is 0.803. The van der Waals surface area contributed by atoms with Crippen LogP contribution in [0.5, 0.6) is 0 Å². The summed E-state index contributed by atoms with van der Waals surface area (Å²) in [4.78, 5) is 11.9. The molecule has 1 amide bonds. The first-order chi connectivity index (χ1) is 12.4. The molecule has 0 heterocycles. The molecule has 0 atom stereocenters. The SMILES string of the molecule is O=C(Nc1ccccc1Cl)c1ccc(F)c(S(=O)(=O)NC2CCCC2)c1. The first-order valence-electron chi connectivity index (χ1n) is 8.24. The number of amides is 1. The van der Waals surface area contributed by atoms with E-state index in [4.69, 9.17) is 11.6 Å². The van der Waals surface area contributed by atoms with Crippen LogP contribution in [0, 0.1) is 5.82 Å². The standard InChI is InChI=1S/C18H18ClFN2O3S/c19-14-7-3-4-8-16(14)21-18(23)12-9-10-15(20)17(11-12)26(24,25)22-13-5-1-2-6-13/h3-4,7-11,13,22H,1-2,5-6H2,(H,21,23). The smallest absolute Gasteiger partial charge is 0.255 e. The van der Waals surface area contributed by atoms with Crippen molar-refractivity contribution in [3.63, 3.8) is 0 Å². The minimum atomic E-state index is -4.04. The van der Waals surface area contributed by atoms with E-state index in [-0.39, 0.29) is 11.6 Å². The lowest BCUT2D eigenvalue weighted by Crippen LogP contribution is -2.33. The average Bonchev–Trinajstić information content (AvgIpc) is 3.09. The number of hydrogen-bond acceptors (Lipinski definition) is 3. The summed E-state index contributed by atoms with van der Waals surface area (Å²) in [5, 5.41) is 2.94. The van der Waals surface area contributed by atoms with Gasteiger partial charge in [0.15, 0.2) is 0 Å². The van der Waals surface area contributed by atoms with Crippen LogP contribution in [0.1, 0.15) is 36.0 Å². The molecule has 0 bridgehead atoms. The van der Waals surface area contributed by atoms with E-state index in [1.807, 2.05) is 0 Å². The second-order valence-corrected chi connectivity index (χ2v) is 8.27. The van der Waals surface area contributed by atoms with E-state index in [0.29, 0.717) is 10.7 Å². The van der Waals surface area contributed by atoms with Crippen LogP contribution in [-0.4, -0.2) is 20.4 Å². The van der Waals surface area contributed by atoms with Crippen LogP contribution >= 0.6 is 11.6 Å². The maximum Gasteiger partial charge on any atom is 0.255 e. The molecule has 0 aromatic heterocycles. The molecule has 0 radical (unpaired) electrons. The van der Waals surface area contributed by atoms with Gasteiger partial charge in [0, 0.05) is 11.6 Å². The van der Waals surface area contributed by atoms with Gasteiger partial charge in [0.1, 0.15) is 10.7 Å². The van der Waals surface area contributed by atoms with Gasteiger partial charge >= 0.3 is 0 Å². The molecular formula is C18H18ClFN2O3S. The van der Waals surface area contributed by atoms with Gasteiger partial charge in [-0.15, -0.1) is 0 Å². The van der Waals surface area contributed by atoms with E-state index < -0.39 is 26.6 Å². The maximum atomic E-state index is 14.1. The summed E-state index contributed by atoms with van der Waals surface area (Å²) < 4.78 is 41.6. The van der Waals surface area contributed by atoms with Crippen LogP contribution in [0.25, 0.3) is 0 Å². The number of rotatable bonds is 5. The molecule has 1 fully saturated rings. The second-order valence-electron chi connectivity index (χ2n) is 6.18. The third-order valence-corrected chi connectivity index (χ3v) is 6.15. The fourth-order valence-electron chi connectivity index (χ4n) is 2.93. The number of halogens is 2. The van der Waals surface area contributed by atoms with Crippen LogP contribution in [0.2, 0.25) is 5.02 Å². The van der Waals surface area contributed by atoms with E-state index >= 15 is 0 Å². The topological polar surface area (TPSA) is 75.3 Å². The Hall–Kier alpha value is -1.96. The Kier molecular flexibility index (Phi) is 5.60. The number of carbonyl (C=O) groups is 1. The molecule has 0 saturated heterocycles. The Morgan fingerprint density at radius 1 is 1.12 bits per heavy atom. The fourth-order valence-corrected chi connectivity index (χ4v) is 4.53. The fraction of sp³-hybridized carbons (Fsp3) is 0.278. The summed E-state index contributed by atoms with van der Waals surface area (Å²) in [6, 6.07) is 9.70. The summed E-state index contributed by atoms with van der Waals surface area (Å²) in [6.45, 7) is 0. The van der Waals surface area contributed by atoms with Crippen molar-refractivity contribution in [3.8, 4) is 0 Å². The van der Waals surface area contributed by atoms with Gasteiger partial charge in [-0.2, -0.15) is 0 Å². The molecular weight excluding hydrogens is 379 g/mol. The summed E-state index contributed by atoms with van der Waals surface area (Å²) >= 11 is 6.00. The zero-order valence-electron chi connectivity index (χ0n) is 13.8. The highest BCUT2D eigenvalue weighted by Crippen LogP contribution is 2.24. The minimum Gasteiger partial charge on any atom is -0.321 e. The molecule has 0 spiro atoms. The number of benzene rings is 2. The Morgan fingerprint density at radius 3 is 2.50 bits per heavy atom. The summed E-state index contributed by atoms with van der Waals surface area (Å²) in [6.07, 6.45) is 3.34. The molecule has 2 aromatic carbocycles. The number of anilines is 1. The average molecular weight is 397 g/mol. The summed E-state index contributed by atoms with van der Waals surface area (Å²) in [5.41, 5.74) is 0.412. The Balaban J connectivity index is 1.85. The molecule has 1 aliphatic rings. The number of hydrogen-bond donors (Lipinski definition) is 2. The third-order valence-electron chi connectivity index (χ3n) is 4.28. The molecule has 8 heteroatoms. The van der Waals surface area contributed by atoms with E-state index in [1.54, 1.807) is 24.3 Å². The Bertz CT molecular complexity index is 928. The van der Waals surface area contributed by atoms with Crippen molar-refractivity contribution >= 4 is 33.2 Å². The van der Waals surface area contributed by atoms with Crippen molar-refractivity contribution in [2.75, 3.05) is 5.32 Å². The summed E-state index contributed by atoms with van der Waals surface area (Å²) in [7, 11) is -4.04. The van der Waals surface area contributed by atoms with Crippen LogP contribution in [-0.2, 0) is 10.0 Å². The molecule has 1 aliphatic carbocycles. The van der Waals surface area contributed by atoms with Gasteiger partial charge < -0.3 is 5.32 Å². The molecule has 0 unspecified atom stereocenters. The number of nitrogens with one attached hydrogen (secondary N) is 2. The lowest BCUT2D eigenvalue weighted by Gasteiger charge is -2.14. The minimum absolute atomic E-state index is 0.0260. The van der Waals surface area contributed by atoms with Crippen molar-refractivity contribution in [1.29, 1.82) is 0 Å². The lowest BCUT2D eigenvalue weighted by atomic mass is 10.2. The van der Waals surface area contributed by atoms with Crippen molar-refractivity contribution in [2.45, 2.75) is 36.6 Å². The molecule has 5 nitrogen and oxygen atoms in total. The van der Waals surface area contributed by atoms with Gasteiger partial charge in [0.25, 0.3) is 5.91 Å². The van der Waals surface area contributed by atoms with E-state index in [9.17, 15) is 17.6 Å². The maximum absolute atomic E-state index is 14.1.